The SMILES string of the molecule is CC1CCCCC1C1CCC(N(C)C)C(C)C1. The van der Waals surface area contributed by atoms with Gasteiger partial charge in [0.05, 0.1) is 0 Å². The van der Waals surface area contributed by atoms with E-state index in [-0.39, 0.29) is 0 Å². The van der Waals surface area contributed by atoms with Crippen LogP contribution >= 0.6 is 0 Å². The van der Waals surface area contributed by atoms with Crippen LogP contribution < -0.4 is 0 Å². The van der Waals surface area contributed by atoms with Crippen LogP contribution in [0.2, 0.25) is 0 Å². The van der Waals surface area contributed by atoms with Crippen LogP contribution in [0, 0.1) is 23.7 Å². The molecular formula is C16H31N. The van der Waals surface area contributed by atoms with Gasteiger partial charge in [-0.05, 0) is 63.5 Å². The highest BCUT2D eigenvalue weighted by atomic mass is 15.1. The maximum atomic E-state index is 2.51. The molecule has 5 atom stereocenters. The van der Waals surface area contributed by atoms with Crippen molar-refractivity contribution in [2.75, 3.05) is 14.1 Å². The predicted octanol–water partition coefficient (Wildman–Crippen LogP) is 4.18. The van der Waals surface area contributed by atoms with Gasteiger partial charge >= 0.3 is 0 Å². The molecule has 0 spiro atoms. The Bertz CT molecular complexity index is 236. The van der Waals surface area contributed by atoms with Gasteiger partial charge in [-0.25, -0.2) is 0 Å². The summed E-state index contributed by atoms with van der Waals surface area (Å²) in [6.45, 7) is 4.98. The zero-order valence-corrected chi connectivity index (χ0v) is 12.3. The lowest BCUT2D eigenvalue weighted by Crippen LogP contribution is -2.41. The first kappa shape index (κ1) is 13.4. The van der Waals surface area contributed by atoms with E-state index in [0.29, 0.717) is 0 Å². The summed E-state index contributed by atoms with van der Waals surface area (Å²) in [7, 11) is 4.51. The third kappa shape index (κ3) is 3.05. The largest absolute Gasteiger partial charge is 0.306 e. The second-order valence-corrected chi connectivity index (χ2v) is 7.01. The molecule has 0 aromatic heterocycles. The van der Waals surface area contributed by atoms with Gasteiger partial charge in [-0.2, -0.15) is 0 Å². The van der Waals surface area contributed by atoms with E-state index < -0.39 is 0 Å². The van der Waals surface area contributed by atoms with Gasteiger partial charge in [0, 0.05) is 6.04 Å². The Morgan fingerprint density at radius 2 is 1.53 bits per heavy atom. The average molecular weight is 237 g/mol. The normalized spacial score (nSPS) is 43.9. The van der Waals surface area contributed by atoms with E-state index in [1.807, 2.05) is 0 Å². The van der Waals surface area contributed by atoms with Gasteiger partial charge in [-0.15, -0.1) is 0 Å². The van der Waals surface area contributed by atoms with Gasteiger partial charge in [-0.1, -0.05) is 33.1 Å². The Hall–Kier alpha value is -0.0400. The highest BCUT2D eigenvalue weighted by Crippen LogP contribution is 2.43. The smallest absolute Gasteiger partial charge is 0.0115 e. The fraction of sp³-hybridized carbons (Fsp3) is 1.00. The highest BCUT2D eigenvalue weighted by molar-refractivity contribution is 4.87. The number of nitrogens with zero attached hydrogens (tertiary/aromatic N) is 1. The maximum absolute atomic E-state index is 2.51. The molecular weight excluding hydrogens is 206 g/mol. The zero-order valence-electron chi connectivity index (χ0n) is 12.3. The van der Waals surface area contributed by atoms with Gasteiger partial charge in [0.2, 0.25) is 0 Å². The standard InChI is InChI=1S/C16H31N/c1-12-7-5-6-8-15(12)14-9-10-16(17(3)4)13(2)11-14/h12-16H,5-11H2,1-4H3. The van der Waals surface area contributed by atoms with E-state index in [1.54, 1.807) is 0 Å². The lowest BCUT2D eigenvalue weighted by Gasteiger charge is -2.43. The minimum atomic E-state index is 0.838. The molecule has 0 bridgehead atoms. The molecule has 2 aliphatic rings. The molecule has 2 rings (SSSR count). The van der Waals surface area contributed by atoms with Gasteiger partial charge < -0.3 is 4.90 Å². The third-order valence-corrected chi connectivity index (χ3v) is 5.61. The van der Waals surface area contributed by atoms with E-state index in [0.717, 1.165) is 29.7 Å². The van der Waals surface area contributed by atoms with Crippen molar-refractivity contribution in [2.45, 2.75) is 64.8 Å². The van der Waals surface area contributed by atoms with Crippen molar-refractivity contribution < 1.29 is 0 Å². The highest BCUT2D eigenvalue weighted by Gasteiger charge is 2.35. The van der Waals surface area contributed by atoms with Crippen molar-refractivity contribution >= 4 is 0 Å². The van der Waals surface area contributed by atoms with Gasteiger partial charge in [0.25, 0.3) is 0 Å². The summed E-state index contributed by atoms with van der Waals surface area (Å²) < 4.78 is 0. The summed E-state index contributed by atoms with van der Waals surface area (Å²) in [6, 6.07) is 0.838. The molecule has 2 fully saturated rings. The van der Waals surface area contributed by atoms with Crippen LogP contribution in [-0.2, 0) is 0 Å². The number of hydrogen-bond acceptors (Lipinski definition) is 1. The lowest BCUT2D eigenvalue weighted by atomic mass is 9.65. The van der Waals surface area contributed by atoms with E-state index in [4.69, 9.17) is 0 Å². The quantitative estimate of drug-likeness (QED) is 0.696. The topological polar surface area (TPSA) is 3.24 Å². The van der Waals surface area contributed by atoms with Crippen LogP contribution in [0.3, 0.4) is 0 Å². The molecule has 100 valence electrons. The molecule has 1 nitrogen and oxygen atoms in total. The minimum Gasteiger partial charge on any atom is -0.306 e. The maximum Gasteiger partial charge on any atom is 0.0115 e. The second-order valence-electron chi connectivity index (χ2n) is 7.01. The molecule has 0 radical (unpaired) electrons. The number of rotatable bonds is 2. The van der Waals surface area contributed by atoms with Gasteiger partial charge in [0.15, 0.2) is 0 Å². The predicted molar refractivity (Wildman–Crippen MR) is 75.1 cm³/mol. The Labute approximate surface area is 108 Å². The summed E-state index contributed by atoms with van der Waals surface area (Å²) in [5.41, 5.74) is 0. The van der Waals surface area contributed by atoms with E-state index in [9.17, 15) is 0 Å². The molecule has 0 aromatic rings. The summed E-state index contributed by atoms with van der Waals surface area (Å²) >= 11 is 0. The van der Waals surface area contributed by atoms with Crippen LogP contribution in [0.5, 0.6) is 0 Å². The Morgan fingerprint density at radius 3 is 2.12 bits per heavy atom. The molecule has 0 saturated heterocycles. The van der Waals surface area contributed by atoms with Crippen molar-refractivity contribution in [1.82, 2.24) is 4.90 Å². The van der Waals surface area contributed by atoms with Crippen molar-refractivity contribution in [3.63, 3.8) is 0 Å². The first-order chi connectivity index (χ1) is 8.09. The van der Waals surface area contributed by atoms with Crippen LogP contribution in [0.1, 0.15) is 58.8 Å². The van der Waals surface area contributed by atoms with Crippen LogP contribution in [-0.4, -0.2) is 25.0 Å². The van der Waals surface area contributed by atoms with Crippen LogP contribution in [0.25, 0.3) is 0 Å². The molecule has 2 aliphatic carbocycles. The molecule has 0 aliphatic heterocycles. The second kappa shape index (κ2) is 5.73. The molecule has 0 aromatic carbocycles. The Balaban J connectivity index is 1.92. The minimum absolute atomic E-state index is 0.838. The van der Waals surface area contributed by atoms with E-state index in [1.165, 1.54) is 44.9 Å². The molecule has 5 unspecified atom stereocenters. The van der Waals surface area contributed by atoms with Crippen LogP contribution in [0.15, 0.2) is 0 Å². The van der Waals surface area contributed by atoms with Crippen LogP contribution in [0.4, 0.5) is 0 Å². The Kier molecular flexibility index (Phi) is 4.52. The monoisotopic (exact) mass is 237 g/mol. The Morgan fingerprint density at radius 1 is 0.824 bits per heavy atom. The number of hydrogen-bond donors (Lipinski definition) is 0. The summed E-state index contributed by atoms with van der Waals surface area (Å²) in [5, 5.41) is 0. The van der Waals surface area contributed by atoms with Crippen molar-refractivity contribution in [3.8, 4) is 0 Å². The lowest BCUT2D eigenvalue weighted by molar-refractivity contribution is 0.0712. The fourth-order valence-corrected chi connectivity index (χ4v) is 4.62. The third-order valence-electron chi connectivity index (χ3n) is 5.61. The van der Waals surface area contributed by atoms with E-state index in [2.05, 4.69) is 32.8 Å². The molecule has 0 N–H and O–H groups in total. The first-order valence-electron chi connectivity index (χ1n) is 7.76. The van der Waals surface area contributed by atoms with Gasteiger partial charge in [0.1, 0.15) is 0 Å². The van der Waals surface area contributed by atoms with Crippen molar-refractivity contribution in [1.29, 1.82) is 0 Å². The zero-order chi connectivity index (χ0) is 12.4. The molecule has 0 heterocycles. The van der Waals surface area contributed by atoms with Gasteiger partial charge in [-0.3, -0.25) is 0 Å². The molecule has 1 heteroatoms. The first-order valence-corrected chi connectivity index (χ1v) is 7.76. The molecule has 0 amide bonds. The summed E-state index contributed by atoms with van der Waals surface area (Å²) in [6.07, 6.45) is 10.4. The summed E-state index contributed by atoms with van der Waals surface area (Å²) in [5.74, 6) is 3.99. The van der Waals surface area contributed by atoms with Crippen molar-refractivity contribution in [3.05, 3.63) is 0 Å². The van der Waals surface area contributed by atoms with Crippen molar-refractivity contribution in [2.24, 2.45) is 23.7 Å². The molecule has 2 saturated carbocycles. The molecule has 17 heavy (non-hydrogen) atoms. The summed E-state index contributed by atoms with van der Waals surface area (Å²) in [4.78, 5) is 2.45. The fourth-order valence-electron chi connectivity index (χ4n) is 4.62. The average Bonchev–Trinajstić information content (AvgIpc) is 2.29. The van der Waals surface area contributed by atoms with E-state index >= 15 is 0 Å².